The van der Waals surface area contributed by atoms with Crippen molar-refractivity contribution in [1.82, 2.24) is 5.32 Å². The van der Waals surface area contributed by atoms with Crippen LogP contribution in [-0.4, -0.2) is 34.9 Å². The van der Waals surface area contributed by atoms with Crippen molar-refractivity contribution in [3.8, 4) is 0 Å². The van der Waals surface area contributed by atoms with Gasteiger partial charge in [0.15, 0.2) is 6.10 Å². The highest BCUT2D eigenvalue weighted by Crippen LogP contribution is 2.18. The van der Waals surface area contributed by atoms with Crippen LogP contribution in [0.2, 0.25) is 0 Å². The molecular weight excluding hydrogens is 262 g/mol. The maximum atomic E-state index is 13.4. The molecule has 0 aliphatic heterocycles. The number of aliphatic carboxylic acids is 1. The first-order valence-corrected chi connectivity index (χ1v) is 5.22. The summed E-state index contributed by atoms with van der Waals surface area (Å²) in [7, 11) is 0. The van der Waals surface area contributed by atoms with Gasteiger partial charge in [0.1, 0.15) is 11.6 Å². The van der Waals surface area contributed by atoms with Gasteiger partial charge in [-0.15, -0.1) is 0 Å². The van der Waals surface area contributed by atoms with Crippen molar-refractivity contribution in [3.05, 3.63) is 29.3 Å². The Hall–Kier alpha value is -2.22. The van der Waals surface area contributed by atoms with Crippen molar-refractivity contribution in [2.45, 2.75) is 13.0 Å². The Labute approximate surface area is 107 Å². The first-order valence-electron chi connectivity index (χ1n) is 5.22. The molecular formula is C11H12F2N2O4. The molecule has 2 amide bonds. The average Bonchev–Trinajstić information content (AvgIpc) is 2.32. The van der Waals surface area contributed by atoms with Crippen molar-refractivity contribution in [2.24, 2.45) is 0 Å². The minimum atomic E-state index is -1.77. The molecule has 0 aromatic heterocycles. The van der Waals surface area contributed by atoms with Crippen LogP contribution in [0.25, 0.3) is 0 Å². The summed E-state index contributed by atoms with van der Waals surface area (Å²) in [4.78, 5) is 21.5. The summed E-state index contributed by atoms with van der Waals surface area (Å²) in [5, 5.41) is 21.3. The first kappa shape index (κ1) is 14.8. The monoisotopic (exact) mass is 274 g/mol. The van der Waals surface area contributed by atoms with Gasteiger partial charge in [0.05, 0.1) is 12.2 Å². The third-order valence-corrected chi connectivity index (χ3v) is 2.24. The predicted octanol–water partition coefficient (Wildman–Crippen LogP) is 0.840. The molecule has 0 heterocycles. The molecule has 0 saturated carbocycles. The van der Waals surface area contributed by atoms with E-state index in [9.17, 15) is 18.4 Å². The molecule has 104 valence electrons. The van der Waals surface area contributed by atoms with E-state index in [4.69, 9.17) is 10.2 Å². The van der Waals surface area contributed by atoms with Gasteiger partial charge in [-0.05, 0) is 18.6 Å². The molecule has 0 fully saturated rings. The fraction of sp³-hybridized carbons (Fsp3) is 0.273. The summed E-state index contributed by atoms with van der Waals surface area (Å²) in [5.41, 5.74) is -0.296. The van der Waals surface area contributed by atoms with Gasteiger partial charge < -0.3 is 20.8 Å². The molecule has 0 saturated heterocycles. The molecule has 1 aromatic rings. The number of aliphatic hydroxyl groups excluding tert-OH is 1. The Balaban J connectivity index is 2.62. The topological polar surface area (TPSA) is 98.7 Å². The Kier molecular flexibility index (Phi) is 4.76. The number of anilines is 1. The molecule has 6 nitrogen and oxygen atoms in total. The molecule has 0 aliphatic carbocycles. The zero-order chi connectivity index (χ0) is 14.6. The van der Waals surface area contributed by atoms with Gasteiger partial charge in [-0.25, -0.2) is 18.4 Å². The number of hydrogen-bond acceptors (Lipinski definition) is 3. The Morgan fingerprint density at radius 2 is 1.95 bits per heavy atom. The maximum absolute atomic E-state index is 13.4. The summed E-state index contributed by atoms with van der Waals surface area (Å²) < 4.78 is 26.5. The van der Waals surface area contributed by atoms with Gasteiger partial charge in [0.2, 0.25) is 0 Å². The van der Waals surface area contributed by atoms with Gasteiger partial charge in [0, 0.05) is 6.07 Å². The van der Waals surface area contributed by atoms with Crippen molar-refractivity contribution >= 4 is 17.7 Å². The maximum Gasteiger partial charge on any atom is 0.334 e. The molecule has 0 bridgehead atoms. The van der Waals surface area contributed by atoms with Crippen molar-refractivity contribution in [1.29, 1.82) is 0 Å². The molecule has 19 heavy (non-hydrogen) atoms. The first-order chi connectivity index (χ1) is 8.81. The highest BCUT2D eigenvalue weighted by Gasteiger charge is 2.15. The van der Waals surface area contributed by atoms with Crippen LogP contribution >= 0.6 is 0 Å². The zero-order valence-electron chi connectivity index (χ0n) is 9.91. The summed E-state index contributed by atoms with van der Waals surface area (Å²) in [6, 6.07) is 0.761. The second-order valence-corrected chi connectivity index (χ2v) is 3.77. The van der Waals surface area contributed by atoms with Crippen molar-refractivity contribution in [2.75, 3.05) is 11.9 Å². The Morgan fingerprint density at radius 3 is 2.53 bits per heavy atom. The van der Waals surface area contributed by atoms with Gasteiger partial charge in [-0.1, -0.05) is 0 Å². The van der Waals surface area contributed by atoms with Gasteiger partial charge >= 0.3 is 12.0 Å². The lowest BCUT2D eigenvalue weighted by molar-refractivity contribution is -0.146. The average molecular weight is 274 g/mol. The van der Waals surface area contributed by atoms with E-state index in [-0.39, 0.29) is 11.3 Å². The molecule has 1 rings (SSSR count). The van der Waals surface area contributed by atoms with Crippen LogP contribution in [0.4, 0.5) is 19.3 Å². The summed E-state index contributed by atoms with van der Waals surface area (Å²) in [6.45, 7) is 0.808. The second kappa shape index (κ2) is 6.10. The van der Waals surface area contributed by atoms with Gasteiger partial charge in [0.25, 0.3) is 0 Å². The summed E-state index contributed by atoms with van der Waals surface area (Å²) in [6.07, 6.45) is -1.77. The number of nitrogens with one attached hydrogen (secondary N) is 2. The standard InChI is InChI=1S/C11H12F2N2O4/c1-5-2-7(13)8(3-6(5)12)15-11(19)14-4-9(16)10(17)18/h2-3,9,16H,4H2,1H3,(H,17,18)(H2,14,15,19). The number of carbonyl (C=O) groups is 2. The number of urea groups is 1. The molecule has 0 radical (unpaired) electrons. The number of carboxylic acids is 1. The normalized spacial score (nSPS) is 11.8. The molecule has 0 spiro atoms. The third kappa shape index (κ3) is 4.18. The smallest absolute Gasteiger partial charge is 0.334 e. The van der Waals surface area contributed by atoms with Gasteiger partial charge in [-0.3, -0.25) is 0 Å². The van der Waals surface area contributed by atoms with E-state index < -0.39 is 36.3 Å². The highest BCUT2D eigenvalue weighted by atomic mass is 19.1. The van der Waals surface area contributed by atoms with E-state index in [0.29, 0.717) is 0 Å². The number of benzene rings is 1. The van der Waals surface area contributed by atoms with Crippen LogP contribution in [0.1, 0.15) is 5.56 Å². The number of carbonyl (C=O) groups excluding carboxylic acids is 1. The van der Waals surface area contributed by atoms with Crippen LogP contribution in [0.5, 0.6) is 0 Å². The van der Waals surface area contributed by atoms with Crippen LogP contribution in [0, 0.1) is 18.6 Å². The summed E-state index contributed by atoms with van der Waals surface area (Å²) in [5.74, 6) is -3.03. The number of aliphatic hydroxyl groups is 1. The highest BCUT2D eigenvalue weighted by molar-refractivity contribution is 5.89. The second-order valence-electron chi connectivity index (χ2n) is 3.77. The van der Waals surface area contributed by atoms with E-state index >= 15 is 0 Å². The molecule has 1 atom stereocenters. The zero-order valence-corrected chi connectivity index (χ0v) is 9.91. The van der Waals surface area contributed by atoms with Crippen LogP contribution < -0.4 is 10.6 Å². The number of aryl methyl sites for hydroxylation is 1. The lowest BCUT2D eigenvalue weighted by Gasteiger charge is -2.10. The van der Waals surface area contributed by atoms with Crippen LogP contribution in [-0.2, 0) is 4.79 Å². The number of carboxylic acid groups (broad SMARTS) is 1. The fourth-order valence-corrected chi connectivity index (χ4v) is 1.19. The van der Waals surface area contributed by atoms with E-state index in [1.165, 1.54) is 6.92 Å². The van der Waals surface area contributed by atoms with Crippen molar-refractivity contribution in [3.63, 3.8) is 0 Å². The van der Waals surface area contributed by atoms with Crippen molar-refractivity contribution < 1.29 is 28.6 Å². The number of amides is 2. The fourth-order valence-electron chi connectivity index (χ4n) is 1.19. The molecule has 0 aliphatic rings. The third-order valence-electron chi connectivity index (χ3n) is 2.24. The summed E-state index contributed by atoms with van der Waals surface area (Å²) >= 11 is 0. The largest absolute Gasteiger partial charge is 0.479 e. The molecule has 4 N–H and O–H groups in total. The SMILES string of the molecule is Cc1cc(F)c(NC(=O)NCC(O)C(=O)O)cc1F. The number of rotatable bonds is 4. The van der Waals surface area contributed by atoms with E-state index in [0.717, 1.165) is 12.1 Å². The van der Waals surface area contributed by atoms with E-state index in [1.807, 2.05) is 10.6 Å². The predicted molar refractivity (Wildman–Crippen MR) is 61.8 cm³/mol. The van der Waals surface area contributed by atoms with E-state index in [1.54, 1.807) is 0 Å². The minimum Gasteiger partial charge on any atom is -0.479 e. The molecule has 1 aromatic carbocycles. The van der Waals surface area contributed by atoms with Gasteiger partial charge in [-0.2, -0.15) is 0 Å². The lowest BCUT2D eigenvalue weighted by atomic mass is 10.2. The van der Waals surface area contributed by atoms with Crippen LogP contribution in [0.15, 0.2) is 12.1 Å². The van der Waals surface area contributed by atoms with E-state index in [2.05, 4.69) is 0 Å². The number of halogens is 2. The minimum absolute atomic E-state index is 0.0877. The Bertz CT molecular complexity index is 508. The number of hydrogen-bond donors (Lipinski definition) is 4. The van der Waals surface area contributed by atoms with Crippen LogP contribution in [0.3, 0.4) is 0 Å². The lowest BCUT2D eigenvalue weighted by Crippen LogP contribution is -2.38. The quantitative estimate of drug-likeness (QED) is 0.654. The molecule has 1 unspecified atom stereocenters. The Morgan fingerprint density at radius 1 is 1.32 bits per heavy atom. The molecule has 8 heteroatoms.